The molecule has 0 spiro atoms. The van der Waals surface area contributed by atoms with E-state index in [4.69, 9.17) is 4.55 Å². The topological polar surface area (TPSA) is 97.5 Å². The van der Waals surface area contributed by atoms with Crippen LogP contribution in [0, 0.1) is 10.1 Å². The lowest BCUT2D eigenvalue weighted by molar-refractivity contribution is -0.384. The van der Waals surface area contributed by atoms with E-state index in [0.717, 1.165) is 6.07 Å². The van der Waals surface area contributed by atoms with E-state index in [9.17, 15) is 18.5 Å². The number of nitro groups is 1. The van der Waals surface area contributed by atoms with Crippen LogP contribution in [-0.4, -0.2) is 17.9 Å². The molecule has 8 heteroatoms. The van der Waals surface area contributed by atoms with Crippen molar-refractivity contribution in [1.29, 1.82) is 0 Å². The summed E-state index contributed by atoms with van der Waals surface area (Å²) in [6.07, 6.45) is 0. The molecule has 15 heavy (non-hydrogen) atoms. The quantitative estimate of drug-likeness (QED) is 0.499. The maximum absolute atomic E-state index is 10.5. The van der Waals surface area contributed by atoms with Gasteiger partial charge in [-0.15, -0.1) is 12.4 Å². The highest BCUT2D eigenvalue weighted by Gasteiger charge is 2.10. The Balaban J connectivity index is 0.00000196. The molecule has 0 fully saturated rings. The molecule has 0 saturated heterocycles. The molecule has 0 heterocycles. The lowest BCUT2D eigenvalue weighted by atomic mass is 10.2. The highest BCUT2D eigenvalue weighted by atomic mass is 35.5. The minimum absolute atomic E-state index is 0. The smallest absolute Gasteiger partial charge is 0.269 e. The lowest BCUT2D eigenvalue weighted by Gasteiger charge is -1.97. The number of hydrogen-bond donors (Lipinski definition) is 1. The highest BCUT2D eigenvalue weighted by molar-refractivity contribution is 7.85. The Bertz CT molecular complexity index is 458. The number of nitrogens with zero attached hydrogens (tertiary/aromatic N) is 1. The molecule has 0 aromatic heterocycles. The van der Waals surface area contributed by atoms with Gasteiger partial charge in [-0.2, -0.15) is 8.42 Å². The number of non-ortho nitro benzene ring substituents is 1. The van der Waals surface area contributed by atoms with Gasteiger partial charge < -0.3 is 0 Å². The molecule has 1 rings (SSSR count). The van der Waals surface area contributed by atoms with Crippen LogP contribution in [-0.2, 0) is 15.9 Å². The van der Waals surface area contributed by atoms with Gasteiger partial charge >= 0.3 is 0 Å². The molecule has 1 N–H and O–H groups in total. The Morgan fingerprint density at radius 3 is 2.47 bits per heavy atom. The summed E-state index contributed by atoms with van der Waals surface area (Å²) in [4.78, 5) is 9.68. The predicted molar refractivity (Wildman–Crippen MR) is 55.6 cm³/mol. The summed E-state index contributed by atoms with van der Waals surface area (Å²) in [7, 11) is -4.14. The van der Waals surface area contributed by atoms with Gasteiger partial charge in [0.1, 0.15) is 5.75 Å². The van der Waals surface area contributed by atoms with Gasteiger partial charge in [-0.3, -0.25) is 14.7 Å². The van der Waals surface area contributed by atoms with Crippen LogP contribution in [0.4, 0.5) is 5.69 Å². The standard InChI is InChI=1S/C7H7NO5S.ClH/c9-8(10)7-3-1-2-6(4-7)5-14(11,12)13;/h1-4H,5H2,(H,11,12,13);1H. The molecule has 6 nitrogen and oxygen atoms in total. The molecule has 0 radical (unpaired) electrons. The van der Waals surface area contributed by atoms with Crippen molar-refractivity contribution in [3.05, 3.63) is 39.9 Å². The van der Waals surface area contributed by atoms with E-state index in [2.05, 4.69) is 0 Å². The predicted octanol–water partition coefficient (Wildman–Crippen LogP) is 1.40. The second-order valence-corrected chi connectivity index (χ2v) is 4.11. The van der Waals surface area contributed by atoms with Gasteiger partial charge in [0.25, 0.3) is 15.8 Å². The Hall–Kier alpha value is -1.18. The SMILES string of the molecule is Cl.O=[N+]([O-])c1cccc(CS(=O)(=O)O)c1. The summed E-state index contributed by atoms with van der Waals surface area (Å²) < 4.78 is 29.4. The Morgan fingerprint density at radius 1 is 1.40 bits per heavy atom. The molecule has 0 unspecified atom stereocenters. The number of rotatable bonds is 3. The van der Waals surface area contributed by atoms with Crippen molar-refractivity contribution >= 4 is 28.2 Å². The maximum Gasteiger partial charge on any atom is 0.269 e. The summed E-state index contributed by atoms with van der Waals surface area (Å²) in [5.41, 5.74) is -0.0205. The largest absolute Gasteiger partial charge is 0.285 e. The fraction of sp³-hybridized carbons (Fsp3) is 0.143. The molecule has 0 amide bonds. The Morgan fingerprint density at radius 2 is 2.00 bits per heavy atom. The lowest BCUT2D eigenvalue weighted by Crippen LogP contribution is -2.01. The summed E-state index contributed by atoms with van der Waals surface area (Å²) in [5, 5.41) is 10.3. The van der Waals surface area contributed by atoms with Crippen LogP contribution in [0.25, 0.3) is 0 Å². The van der Waals surface area contributed by atoms with E-state index < -0.39 is 20.8 Å². The van der Waals surface area contributed by atoms with Crippen LogP contribution in [0.15, 0.2) is 24.3 Å². The third-order valence-corrected chi connectivity index (χ3v) is 2.17. The van der Waals surface area contributed by atoms with Gasteiger partial charge in [-0.25, -0.2) is 0 Å². The molecule has 0 atom stereocenters. The fourth-order valence-corrected chi connectivity index (χ4v) is 1.57. The first-order valence-corrected chi connectivity index (χ1v) is 5.18. The van der Waals surface area contributed by atoms with Crippen molar-refractivity contribution in [1.82, 2.24) is 0 Å². The second kappa shape index (κ2) is 5.06. The molecule has 1 aromatic rings. The van der Waals surface area contributed by atoms with Crippen molar-refractivity contribution in [3.63, 3.8) is 0 Å². The molecule has 84 valence electrons. The number of benzene rings is 1. The van der Waals surface area contributed by atoms with Gasteiger partial charge in [0.05, 0.1) is 4.92 Å². The third kappa shape index (κ3) is 4.73. The minimum atomic E-state index is -4.14. The van der Waals surface area contributed by atoms with Crippen molar-refractivity contribution in [3.8, 4) is 0 Å². The molecule has 0 aliphatic rings. The van der Waals surface area contributed by atoms with Crippen molar-refractivity contribution < 1.29 is 17.9 Å². The zero-order valence-electron chi connectivity index (χ0n) is 7.36. The van der Waals surface area contributed by atoms with Crippen LogP contribution >= 0.6 is 12.4 Å². The normalized spacial score (nSPS) is 10.5. The average molecular weight is 254 g/mol. The van der Waals surface area contributed by atoms with Gasteiger partial charge in [0.2, 0.25) is 0 Å². The van der Waals surface area contributed by atoms with Crippen LogP contribution in [0.1, 0.15) is 5.56 Å². The van der Waals surface area contributed by atoms with Crippen molar-refractivity contribution in [2.45, 2.75) is 5.75 Å². The Labute approximate surface area is 92.2 Å². The average Bonchev–Trinajstić information content (AvgIpc) is 2.01. The highest BCUT2D eigenvalue weighted by Crippen LogP contribution is 2.14. The van der Waals surface area contributed by atoms with Gasteiger partial charge in [0, 0.05) is 12.1 Å². The van der Waals surface area contributed by atoms with Crippen molar-refractivity contribution in [2.75, 3.05) is 0 Å². The van der Waals surface area contributed by atoms with E-state index in [1.165, 1.54) is 18.2 Å². The first-order valence-electron chi connectivity index (χ1n) is 3.57. The molecule has 0 aliphatic carbocycles. The van der Waals surface area contributed by atoms with E-state index in [1.807, 2.05) is 0 Å². The van der Waals surface area contributed by atoms with Crippen LogP contribution in [0.3, 0.4) is 0 Å². The maximum atomic E-state index is 10.5. The van der Waals surface area contributed by atoms with Crippen molar-refractivity contribution in [2.24, 2.45) is 0 Å². The van der Waals surface area contributed by atoms with Gasteiger partial charge in [-0.1, -0.05) is 12.1 Å². The second-order valence-electron chi connectivity index (χ2n) is 2.65. The number of halogens is 1. The fourth-order valence-electron chi connectivity index (χ4n) is 0.970. The van der Waals surface area contributed by atoms with Crippen LogP contribution in [0.5, 0.6) is 0 Å². The molecular weight excluding hydrogens is 246 g/mol. The van der Waals surface area contributed by atoms with Crippen LogP contribution in [0.2, 0.25) is 0 Å². The molecule has 1 aromatic carbocycles. The zero-order chi connectivity index (χ0) is 10.8. The van der Waals surface area contributed by atoms with E-state index >= 15 is 0 Å². The summed E-state index contributed by atoms with van der Waals surface area (Å²) in [6.45, 7) is 0. The Kier molecular flexibility index (Phi) is 4.66. The minimum Gasteiger partial charge on any atom is -0.285 e. The first-order chi connectivity index (χ1) is 6.38. The molecule has 0 bridgehead atoms. The van der Waals surface area contributed by atoms with Gasteiger partial charge in [-0.05, 0) is 5.56 Å². The third-order valence-electron chi connectivity index (χ3n) is 1.47. The van der Waals surface area contributed by atoms with Crippen LogP contribution < -0.4 is 0 Å². The summed E-state index contributed by atoms with van der Waals surface area (Å²) >= 11 is 0. The molecule has 0 aliphatic heterocycles. The molecule has 0 saturated carbocycles. The molecular formula is C7H8ClNO5S. The number of nitro benzene ring substituents is 1. The summed E-state index contributed by atoms with van der Waals surface area (Å²) in [6, 6.07) is 5.10. The van der Waals surface area contributed by atoms with Gasteiger partial charge in [0.15, 0.2) is 0 Å². The monoisotopic (exact) mass is 253 g/mol. The zero-order valence-corrected chi connectivity index (χ0v) is 8.99. The summed E-state index contributed by atoms with van der Waals surface area (Å²) in [5.74, 6) is -0.616. The van der Waals surface area contributed by atoms with E-state index in [1.54, 1.807) is 0 Å². The van der Waals surface area contributed by atoms with E-state index in [-0.39, 0.29) is 23.7 Å². The first kappa shape index (κ1) is 13.8. The van der Waals surface area contributed by atoms with E-state index in [0.29, 0.717) is 0 Å². The number of hydrogen-bond acceptors (Lipinski definition) is 4.